The smallest absolute Gasteiger partial charge is 0.744 e. The standard InChI is InChI=1S/C11H8O5S.Na/c12-11(13)8-5-4-7-2-1-3-10(9(7)6-8)17(14,15)16;/h1-6H,(H,12,13)(H,14,15,16);/q;+1/p-1. The van der Waals surface area contributed by atoms with Gasteiger partial charge in [0.1, 0.15) is 10.1 Å². The molecule has 0 aliphatic heterocycles. The molecule has 88 valence electrons. The van der Waals surface area contributed by atoms with Gasteiger partial charge >= 0.3 is 35.5 Å². The van der Waals surface area contributed by atoms with E-state index in [1.54, 1.807) is 6.07 Å². The van der Waals surface area contributed by atoms with Gasteiger partial charge in [0.15, 0.2) is 0 Å². The second-order valence-electron chi connectivity index (χ2n) is 3.45. The monoisotopic (exact) mass is 274 g/mol. The van der Waals surface area contributed by atoms with E-state index in [1.807, 2.05) is 0 Å². The largest absolute Gasteiger partial charge is 1.00 e. The first kappa shape index (κ1) is 15.1. The van der Waals surface area contributed by atoms with Gasteiger partial charge in [-0.25, -0.2) is 13.2 Å². The fourth-order valence-corrected chi connectivity index (χ4v) is 2.29. The fraction of sp³-hybridized carbons (Fsp3) is 0. The molecule has 0 fully saturated rings. The van der Waals surface area contributed by atoms with Crippen LogP contribution in [0.4, 0.5) is 0 Å². The first-order valence-corrected chi connectivity index (χ1v) is 6.02. The third-order valence-electron chi connectivity index (χ3n) is 2.36. The molecule has 0 spiro atoms. The molecule has 0 saturated carbocycles. The normalized spacial score (nSPS) is 10.9. The van der Waals surface area contributed by atoms with Crippen molar-refractivity contribution in [1.82, 2.24) is 0 Å². The maximum Gasteiger partial charge on any atom is 1.00 e. The Hall–Kier alpha value is -0.920. The molecule has 0 radical (unpaired) electrons. The number of hydrogen-bond donors (Lipinski definition) is 1. The van der Waals surface area contributed by atoms with Crippen LogP contribution in [0.5, 0.6) is 0 Å². The summed E-state index contributed by atoms with van der Waals surface area (Å²) in [4.78, 5) is 10.4. The van der Waals surface area contributed by atoms with Gasteiger partial charge in [-0.2, -0.15) is 0 Å². The summed E-state index contributed by atoms with van der Waals surface area (Å²) in [6.45, 7) is 0. The van der Waals surface area contributed by atoms with Gasteiger partial charge in [0, 0.05) is 5.39 Å². The van der Waals surface area contributed by atoms with Gasteiger partial charge in [0.05, 0.1) is 10.5 Å². The van der Waals surface area contributed by atoms with E-state index in [0.29, 0.717) is 5.39 Å². The van der Waals surface area contributed by atoms with Crippen molar-refractivity contribution in [3.8, 4) is 0 Å². The molecule has 0 heterocycles. The molecule has 0 aliphatic carbocycles. The fourth-order valence-electron chi connectivity index (χ4n) is 1.59. The van der Waals surface area contributed by atoms with Gasteiger partial charge < -0.3 is 9.66 Å². The molecule has 0 amide bonds. The SMILES string of the molecule is O=C(O)c1ccc2cccc(S(=O)(=O)[O-])c2c1.[Na+]. The predicted octanol–water partition coefficient (Wildman–Crippen LogP) is -1.55. The van der Waals surface area contributed by atoms with E-state index in [0.717, 1.165) is 6.07 Å². The van der Waals surface area contributed by atoms with E-state index < -0.39 is 21.0 Å². The van der Waals surface area contributed by atoms with Crippen LogP contribution < -0.4 is 29.6 Å². The van der Waals surface area contributed by atoms with E-state index in [-0.39, 0.29) is 40.5 Å². The molecular weight excluding hydrogens is 267 g/mol. The molecular formula is C11H7NaO5S. The van der Waals surface area contributed by atoms with Gasteiger partial charge in [-0.1, -0.05) is 18.2 Å². The van der Waals surface area contributed by atoms with Crippen molar-refractivity contribution in [2.75, 3.05) is 0 Å². The van der Waals surface area contributed by atoms with E-state index in [2.05, 4.69) is 0 Å². The number of benzene rings is 2. The Labute approximate surface area is 125 Å². The van der Waals surface area contributed by atoms with Crippen LogP contribution in [0.15, 0.2) is 41.3 Å². The number of aromatic carboxylic acids is 1. The molecule has 0 aromatic heterocycles. The summed E-state index contributed by atoms with van der Waals surface area (Å²) < 4.78 is 33.1. The van der Waals surface area contributed by atoms with Crippen molar-refractivity contribution < 1.29 is 52.4 Å². The van der Waals surface area contributed by atoms with E-state index >= 15 is 0 Å². The van der Waals surface area contributed by atoms with Crippen LogP contribution in [0.1, 0.15) is 10.4 Å². The van der Waals surface area contributed by atoms with Crippen LogP contribution in [0.25, 0.3) is 10.8 Å². The van der Waals surface area contributed by atoms with Crippen molar-refractivity contribution in [3.05, 3.63) is 42.0 Å². The molecule has 0 atom stereocenters. The molecule has 0 unspecified atom stereocenters. The summed E-state index contributed by atoms with van der Waals surface area (Å²) >= 11 is 0. The third-order valence-corrected chi connectivity index (χ3v) is 3.25. The number of fused-ring (bicyclic) bond motifs is 1. The molecule has 18 heavy (non-hydrogen) atoms. The van der Waals surface area contributed by atoms with E-state index in [1.165, 1.54) is 24.3 Å². The van der Waals surface area contributed by atoms with Crippen LogP contribution in [0.2, 0.25) is 0 Å². The van der Waals surface area contributed by atoms with Crippen molar-refractivity contribution in [3.63, 3.8) is 0 Å². The van der Waals surface area contributed by atoms with Gasteiger partial charge in [-0.3, -0.25) is 0 Å². The zero-order chi connectivity index (χ0) is 12.6. The number of carboxylic acids is 1. The molecule has 5 nitrogen and oxygen atoms in total. The van der Waals surface area contributed by atoms with E-state index in [4.69, 9.17) is 5.11 Å². The van der Waals surface area contributed by atoms with Crippen LogP contribution in [-0.2, 0) is 10.1 Å². The second-order valence-corrected chi connectivity index (χ2v) is 4.80. The average Bonchev–Trinajstić information content (AvgIpc) is 2.26. The first-order chi connectivity index (χ1) is 7.89. The minimum Gasteiger partial charge on any atom is -0.744 e. The molecule has 2 aromatic rings. The summed E-state index contributed by atoms with van der Waals surface area (Å²) in [5.41, 5.74) is -0.0615. The summed E-state index contributed by atoms with van der Waals surface area (Å²) in [5, 5.41) is 9.44. The number of rotatable bonds is 2. The second kappa shape index (κ2) is 5.38. The molecule has 2 aromatic carbocycles. The zero-order valence-corrected chi connectivity index (χ0v) is 12.3. The van der Waals surface area contributed by atoms with Crippen molar-refractivity contribution in [1.29, 1.82) is 0 Å². The Morgan fingerprint density at radius 1 is 1.17 bits per heavy atom. The number of carboxylic acid groups (broad SMARTS) is 1. The van der Waals surface area contributed by atoms with Gasteiger partial charge in [-0.15, -0.1) is 0 Å². The van der Waals surface area contributed by atoms with Gasteiger partial charge in [0.25, 0.3) is 0 Å². The zero-order valence-electron chi connectivity index (χ0n) is 9.45. The van der Waals surface area contributed by atoms with Crippen LogP contribution in [0, 0.1) is 0 Å². The topological polar surface area (TPSA) is 94.5 Å². The van der Waals surface area contributed by atoms with Gasteiger partial charge in [-0.05, 0) is 23.6 Å². The van der Waals surface area contributed by atoms with Crippen molar-refractivity contribution in [2.24, 2.45) is 0 Å². The third kappa shape index (κ3) is 2.90. The Morgan fingerprint density at radius 2 is 1.83 bits per heavy atom. The van der Waals surface area contributed by atoms with Crippen LogP contribution in [-0.4, -0.2) is 24.0 Å². The minimum atomic E-state index is -4.61. The van der Waals surface area contributed by atoms with Crippen LogP contribution in [0.3, 0.4) is 0 Å². The Kier molecular flexibility index (Phi) is 4.52. The summed E-state index contributed by atoms with van der Waals surface area (Å²) in [6, 6.07) is 8.21. The first-order valence-electron chi connectivity index (χ1n) is 4.61. The quantitative estimate of drug-likeness (QED) is 0.528. The van der Waals surface area contributed by atoms with Crippen LogP contribution >= 0.6 is 0 Å². The summed E-state index contributed by atoms with van der Waals surface area (Å²) in [5.74, 6) is -1.18. The number of hydrogen-bond acceptors (Lipinski definition) is 4. The molecule has 0 saturated heterocycles. The molecule has 0 bridgehead atoms. The van der Waals surface area contributed by atoms with E-state index in [9.17, 15) is 17.8 Å². The van der Waals surface area contributed by atoms with Crippen molar-refractivity contribution >= 4 is 26.9 Å². The predicted molar refractivity (Wildman–Crippen MR) is 58.9 cm³/mol. The van der Waals surface area contributed by atoms with Gasteiger partial charge in [0.2, 0.25) is 0 Å². The average molecular weight is 274 g/mol. The summed E-state index contributed by atoms with van der Waals surface area (Å²) in [6.07, 6.45) is 0. The molecule has 0 aliphatic rings. The Bertz CT molecular complexity index is 708. The summed E-state index contributed by atoms with van der Waals surface area (Å²) in [7, 11) is -4.61. The maximum absolute atomic E-state index is 11.0. The minimum absolute atomic E-state index is 0. The van der Waals surface area contributed by atoms with Crippen molar-refractivity contribution in [2.45, 2.75) is 4.90 Å². The molecule has 1 N–H and O–H groups in total. The Morgan fingerprint density at radius 3 is 2.39 bits per heavy atom. The molecule has 7 heteroatoms. The molecule has 2 rings (SSSR count). The maximum atomic E-state index is 11.0. The Balaban J connectivity index is 0.00000162. The number of carbonyl (C=O) groups is 1.